The van der Waals surface area contributed by atoms with Gasteiger partial charge in [0.15, 0.2) is 0 Å². The predicted octanol–water partition coefficient (Wildman–Crippen LogP) is 2.74. The monoisotopic (exact) mass is 249 g/mol. The Labute approximate surface area is 98.6 Å². The zero-order chi connectivity index (χ0) is 12.1. The molecule has 0 aliphatic heterocycles. The van der Waals surface area contributed by atoms with Crippen LogP contribution in [0.3, 0.4) is 0 Å². The molecule has 16 heavy (non-hydrogen) atoms. The molecular weight excluding hydrogens is 236 g/mol. The highest BCUT2D eigenvalue weighted by atomic mass is 35.5. The Morgan fingerprint density at radius 1 is 1.44 bits per heavy atom. The first-order valence-electron chi connectivity index (χ1n) is 4.86. The molecule has 0 amide bonds. The summed E-state index contributed by atoms with van der Waals surface area (Å²) in [5.74, 6) is 0.574. The van der Waals surface area contributed by atoms with Crippen molar-refractivity contribution in [2.45, 2.75) is 18.9 Å². The topological polar surface area (TPSA) is 21.3 Å². The van der Waals surface area contributed by atoms with Crippen LogP contribution in [0.2, 0.25) is 5.02 Å². The molecule has 1 atom stereocenters. The summed E-state index contributed by atoms with van der Waals surface area (Å²) in [5, 5.41) is 3.09. The Morgan fingerprint density at radius 2 is 2.12 bits per heavy atom. The van der Waals surface area contributed by atoms with Gasteiger partial charge in [-0.1, -0.05) is 11.6 Å². The van der Waals surface area contributed by atoms with Crippen LogP contribution in [0.1, 0.15) is 5.56 Å². The molecule has 1 rings (SSSR count). The van der Waals surface area contributed by atoms with E-state index in [4.69, 9.17) is 16.3 Å². The van der Waals surface area contributed by atoms with E-state index >= 15 is 0 Å². The molecule has 0 saturated heterocycles. The molecule has 1 aromatic rings. The van der Waals surface area contributed by atoms with Crippen molar-refractivity contribution in [2.24, 2.45) is 0 Å². The first kappa shape index (κ1) is 13.2. The van der Waals surface area contributed by atoms with Gasteiger partial charge in [-0.15, -0.1) is 0 Å². The van der Waals surface area contributed by atoms with Crippen LogP contribution in [0.15, 0.2) is 18.2 Å². The van der Waals surface area contributed by atoms with Gasteiger partial charge in [0.05, 0.1) is 13.2 Å². The summed E-state index contributed by atoms with van der Waals surface area (Å²) in [5.41, 5.74) is 0.676. The molecular formula is C11H14ClF2NO. The zero-order valence-corrected chi connectivity index (χ0v) is 9.89. The van der Waals surface area contributed by atoms with Gasteiger partial charge in [0.1, 0.15) is 5.75 Å². The van der Waals surface area contributed by atoms with Gasteiger partial charge in [-0.3, -0.25) is 0 Å². The number of rotatable bonds is 5. The van der Waals surface area contributed by atoms with Gasteiger partial charge >= 0.3 is 0 Å². The van der Waals surface area contributed by atoms with E-state index in [-0.39, 0.29) is 6.42 Å². The van der Waals surface area contributed by atoms with Crippen LogP contribution in [-0.4, -0.2) is 26.6 Å². The summed E-state index contributed by atoms with van der Waals surface area (Å²) in [4.78, 5) is 0. The van der Waals surface area contributed by atoms with Gasteiger partial charge in [0, 0.05) is 5.02 Å². The lowest BCUT2D eigenvalue weighted by Crippen LogP contribution is -2.34. The SMILES string of the molecule is CNC(Cc1cc(Cl)ccc1OC)C(F)F. The standard InChI is InChI=1S/C11H14ClF2NO/c1-15-9(11(13)14)6-7-5-8(12)3-4-10(7)16-2/h3-5,9,11,15H,6H2,1-2H3. The maximum absolute atomic E-state index is 12.6. The van der Waals surface area contributed by atoms with Crippen LogP contribution in [-0.2, 0) is 6.42 Å². The van der Waals surface area contributed by atoms with E-state index in [1.165, 1.54) is 14.2 Å². The van der Waals surface area contributed by atoms with Crippen molar-refractivity contribution >= 4 is 11.6 Å². The third-order valence-corrected chi connectivity index (χ3v) is 2.59. The quantitative estimate of drug-likeness (QED) is 0.867. The van der Waals surface area contributed by atoms with E-state index in [0.717, 1.165) is 0 Å². The van der Waals surface area contributed by atoms with Crippen molar-refractivity contribution in [1.29, 1.82) is 0 Å². The van der Waals surface area contributed by atoms with Gasteiger partial charge in [-0.25, -0.2) is 8.78 Å². The van der Waals surface area contributed by atoms with Crippen molar-refractivity contribution in [3.63, 3.8) is 0 Å². The predicted molar refractivity (Wildman–Crippen MR) is 60.6 cm³/mol. The maximum Gasteiger partial charge on any atom is 0.254 e. The molecule has 1 unspecified atom stereocenters. The second-order valence-corrected chi connectivity index (χ2v) is 3.83. The van der Waals surface area contributed by atoms with Gasteiger partial charge in [0.2, 0.25) is 0 Å². The first-order chi connectivity index (χ1) is 7.58. The van der Waals surface area contributed by atoms with Gasteiger partial charge < -0.3 is 10.1 Å². The van der Waals surface area contributed by atoms with Crippen LogP contribution >= 0.6 is 11.6 Å². The van der Waals surface area contributed by atoms with Crippen molar-refractivity contribution in [3.8, 4) is 5.75 Å². The number of hydrogen-bond donors (Lipinski definition) is 1. The lowest BCUT2D eigenvalue weighted by atomic mass is 10.1. The second-order valence-electron chi connectivity index (χ2n) is 3.39. The molecule has 0 aliphatic carbocycles. The first-order valence-corrected chi connectivity index (χ1v) is 5.24. The summed E-state index contributed by atoms with van der Waals surface area (Å²) in [6.07, 6.45) is -2.24. The number of benzene rings is 1. The summed E-state index contributed by atoms with van der Waals surface area (Å²) in [6, 6.07) is 4.09. The Morgan fingerprint density at radius 3 is 2.62 bits per heavy atom. The second kappa shape index (κ2) is 6.01. The molecule has 0 radical (unpaired) electrons. The number of alkyl halides is 2. The average Bonchev–Trinajstić information content (AvgIpc) is 2.25. The molecule has 5 heteroatoms. The fourth-order valence-electron chi connectivity index (χ4n) is 1.46. The Balaban J connectivity index is 2.89. The van der Waals surface area contributed by atoms with Crippen molar-refractivity contribution in [3.05, 3.63) is 28.8 Å². The van der Waals surface area contributed by atoms with Crippen molar-refractivity contribution in [2.75, 3.05) is 14.2 Å². The molecule has 1 aromatic carbocycles. The molecule has 1 N–H and O–H groups in total. The van der Waals surface area contributed by atoms with E-state index in [2.05, 4.69) is 5.32 Å². The summed E-state index contributed by atoms with van der Waals surface area (Å²) >= 11 is 5.82. The fraction of sp³-hybridized carbons (Fsp3) is 0.455. The van der Waals surface area contributed by atoms with E-state index < -0.39 is 12.5 Å². The minimum Gasteiger partial charge on any atom is -0.496 e. The number of nitrogens with one attached hydrogen (secondary N) is 1. The van der Waals surface area contributed by atoms with Crippen LogP contribution in [0.5, 0.6) is 5.75 Å². The van der Waals surface area contributed by atoms with E-state index in [0.29, 0.717) is 16.3 Å². The van der Waals surface area contributed by atoms with E-state index in [1.807, 2.05) is 0 Å². The van der Waals surface area contributed by atoms with Crippen LogP contribution < -0.4 is 10.1 Å². The lowest BCUT2D eigenvalue weighted by Gasteiger charge is -2.17. The summed E-state index contributed by atoms with van der Waals surface area (Å²) < 4.78 is 30.3. The molecule has 2 nitrogen and oxygen atoms in total. The zero-order valence-electron chi connectivity index (χ0n) is 9.14. The van der Waals surface area contributed by atoms with E-state index in [1.54, 1.807) is 18.2 Å². The largest absolute Gasteiger partial charge is 0.496 e. The third-order valence-electron chi connectivity index (χ3n) is 2.36. The van der Waals surface area contributed by atoms with Crippen molar-refractivity contribution < 1.29 is 13.5 Å². The smallest absolute Gasteiger partial charge is 0.254 e. The molecule has 0 spiro atoms. The number of hydrogen-bond acceptors (Lipinski definition) is 2. The molecule has 0 aliphatic rings. The van der Waals surface area contributed by atoms with E-state index in [9.17, 15) is 8.78 Å². The minimum atomic E-state index is -2.42. The molecule has 0 heterocycles. The molecule has 90 valence electrons. The normalized spacial score (nSPS) is 12.9. The van der Waals surface area contributed by atoms with Gasteiger partial charge in [-0.2, -0.15) is 0 Å². The number of ether oxygens (including phenoxy) is 1. The maximum atomic E-state index is 12.6. The Hall–Kier alpha value is -0.870. The highest BCUT2D eigenvalue weighted by molar-refractivity contribution is 6.30. The average molecular weight is 250 g/mol. The summed E-state index contributed by atoms with van der Waals surface area (Å²) in [6.45, 7) is 0. The highest BCUT2D eigenvalue weighted by Gasteiger charge is 2.20. The minimum absolute atomic E-state index is 0.178. The highest BCUT2D eigenvalue weighted by Crippen LogP contribution is 2.24. The number of halogens is 3. The Kier molecular flexibility index (Phi) is 4.96. The lowest BCUT2D eigenvalue weighted by molar-refractivity contribution is 0.102. The van der Waals surface area contributed by atoms with Crippen LogP contribution in [0.4, 0.5) is 8.78 Å². The van der Waals surface area contributed by atoms with Gasteiger partial charge in [-0.05, 0) is 37.2 Å². The molecule has 0 saturated carbocycles. The third kappa shape index (κ3) is 3.32. The molecule has 0 fully saturated rings. The van der Waals surface area contributed by atoms with Crippen LogP contribution in [0, 0.1) is 0 Å². The number of methoxy groups -OCH3 is 1. The van der Waals surface area contributed by atoms with Gasteiger partial charge in [0.25, 0.3) is 6.43 Å². The summed E-state index contributed by atoms with van der Waals surface area (Å²) in [7, 11) is 3.01. The molecule has 0 aromatic heterocycles. The van der Waals surface area contributed by atoms with Crippen molar-refractivity contribution in [1.82, 2.24) is 5.32 Å². The molecule has 0 bridgehead atoms. The Bertz CT molecular complexity index is 347. The number of likely N-dealkylation sites (N-methyl/N-ethyl adjacent to an activating group) is 1. The fourth-order valence-corrected chi connectivity index (χ4v) is 1.66. The van der Waals surface area contributed by atoms with Crippen LogP contribution in [0.25, 0.3) is 0 Å².